The van der Waals surface area contributed by atoms with E-state index in [1.165, 1.54) is 0 Å². The summed E-state index contributed by atoms with van der Waals surface area (Å²) in [6, 6.07) is 4.06. The molecule has 3 rings (SSSR count). The molecule has 0 amide bonds. The summed E-state index contributed by atoms with van der Waals surface area (Å²) in [5.41, 5.74) is 1.99. The summed E-state index contributed by atoms with van der Waals surface area (Å²) in [4.78, 5) is 11.2. The van der Waals surface area contributed by atoms with Crippen molar-refractivity contribution in [2.24, 2.45) is 4.99 Å². The standard InChI is InChI=1S/C15H19ClN6/c1-11-4-5-12(8-18-15-17-6-3-7-21(15)2)14(20-11)22-10-13(16)9-19-22/h4-5,9-10H,3,6-8H2,1-2H3,(H,17,18). The zero-order chi connectivity index (χ0) is 15.5. The van der Waals surface area contributed by atoms with Gasteiger partial charge in [0.25, 0.3) is 0 Å². The highest BCUT2D eigenvalue weighted by Crippen LogP contribution is 2.15. The predicted molar refractivity (Wildman–Crippen MR) is 87.5 cm³/mol. The summed E-state index contributed by atoms with van der Waals surface area (Å²) >= 11 is 5.97. The molecule has 22 heavy (non-hydrogen) atoms. The van der Waals surface area contributed by atoms with Crippen LogP contribution < -0.4 is 5.32 Å². The molecule has 2 aromatic heterocycles. The van der Waals surface area contributed by atoms with E-state index in [0.717, 1.165) is 42.5 Å². The lowest BCUT2D eigenvalue weighted by molar-refractivity contribution is 0.446. The number of rotatable bonds is 3. The summed E-state index contributed by atoms with van der Waals surface area (Å²) in [7, 11) is 2.05. The van der Waals surface area contributed by atoms with Gasteiger partial charge in [0.2, 0.25) is 0 Å². The van der Waals surface area contributed by atoms with Gasteiger partial charge in [-0.25, -0.2) is 9.67 Å². The van der Waals surface area contributed by atoms with Crippen LogP contribution in [0.5, 0.6) is 0 Å². The van der Waals surface area contributed by atoms with E-state index in [-0.39, 0.29) is 0 Å². The Morgan fingerprint density at radius 2 is 2.23 bits per heavy atom. The topological polar surface area (TPSA) is 58.3 Å². The highest BCUT2D eigenvalue weighted by Gasteiger charge is 2.13. The van der Waals surface area contributed by atoms with Crippen LogP contribution >= 0.6 is 11.6 Å². The molecule has 0 fully saturated rings. The van der Waals surface area contributed by atoms with Crippen molar-refractivity contribution in [3.05, 3.63) is 40.8 Å². The fourth-order valence-electron chi connectivity index (χ4n) is 2.41. The van der Waals surface area contributed by atoms with Crippen molar-refractivity contribution in [1.82, 2.24) is 25.0 Å². The van der Waals surface area contributed by atoms with Gasteiger partial charge in [-0.3, -0.25) is 4.99 Å². The van der Waals surface area contributed by atoms with Crippen LogP contribution in [0.2, 0.25) is 5.02 Å². The van der Waals surface area contributed by atoms with Crippen molar-refractivity contribution in [3.63, 3.8) is 0 Å². The van der Waals surface area contributed by atoms with Crippen LogP contribution in [0.1, 0.15) is 17.7 Å². The van der Waals surface area contributed by atoms with Gasteiger partial charge in [-0.1, -0.05) is 17.7 Å². The predicted octanol–water partition coefficient (Wildman–Crippen LogP) is 2.01. The summed E-state index contributed by atoms with van der Waals surface area (Å²) in [6.45, 7) is 4.51. The first kappa shape index (κ1) is 14.8. The molecule has 3 heterocycles. The highest BCUT2D eigenvalue weighted by molar-refractivity contribution is 6.30. The van der Waals surface area contributed by atoms with Gasteiger partial charge in [-0.15, -0.1) is 0 Å². The molecule has 0 atom stereocenters. The van der Waals surface area contributed by atoms with Crippen molar-refractivity contribution < 1.29 is 0 Å². The van der Waals surface area contributed by atoms with E-state index < -0.39 is 0 Å². The Kier molecular flexibility index (Phi) is 4.29. The van der Waals surface area contributed by atoms with Gasteiger partial charge in [0, 0.05) is 37.9 Å². The van der Waals surface area contributed by atoms with Gasteiger partial charge in [0.1, 0.15) is 0 Å². The summed E-state index contributed by atoms with van der Waals surface area (Å²) in [5, 5.41) is 8.23. The van der Waals surface area contributed by atoms with Crippen LogP contribution in [0.15, 0.2) is 29.5 Å². The van der Waals surface area contributed by atoms with E-state index in [1.54, 1.807) is 17.1 Å². The highest BCUT2D eigenvalue weighted by atomic mass is 35.5. The maximum Gasteiger partial charge on any atom is 0.193 e. The minimum atomic E-state index is 0.596. The molecule has 0 saturated heterocycles. The maximum atomic E-state index is 5.97. The fraction of sp³-hybridized carbons (Fsp3) is 0.400. The lowest BCUT2D eigenvalue weighted by Crippen LogP contribution is -2.41. The SMILES string of the molecule is Cc1ccc(CNC2=NCCCN2C)c(-n2cc(Cl)cn2)n1. The second-order valence-corrected chi connectivity index (χ2v) is 5.81. The molecular formula is C15H19ClN6. The second-order valence-electron chi connectivity index (χ2n) is 5.37. The second kappa shape index (κ2) is 6.36. The minimum Gasteiger partial charge on any atom is -0.352 e. The van der Waals surface area contributed by atoms with E-state index >= 15 is 0 Å². The number of aliphatic imine (C=N–C) groups is 1. The number of nitrogens with one attached hydrogen (secondary N) is 1. The van der Waals surface area contributed by atoms with Crippen LogP contribution in [0.4, 0.5) is 0 Å². The first-order valence-electron chi connectivity index (χ1n) is 7.30. The van der Waals surface area contributed by atoms with Crippen LogP contribution in [-0.4, -0.2) is 45.8 Å². The molecule has 2 aromatic rings. The summed E-state index contributed by atoms with van der Waals surface area (Å²) in [5.74, 6) is 1.72. The van der Waals surface area contributed by atoms with Gasteiger partial charge in [-0.05, 0) is 19.4 Å². The number of nitrogens with zero attached hydrogens (tertiary/aromatic N) is 5. The molecule has 1 aliphatic rings. The Hall–Kier alpha value is -2.08. The quantitative estimate of drug-likeness (QED) is 0.940. The van der Waals surface area contributed by atoms with E-state index in [4.69, 9.17) is 11.6 Å². The third-order valence-electron chi connectivity index (χ3n) is 3.58. The van der Waals surface area contributed by atoms with E-state index in [9.17, 15) is 0 Å². The van der Waals surface area contributed by atoms with Gasteiger partial charge in [0.15, 0.2) is 11.8 Å². The molecule has 116 valence electrons. The molecule has 0 bridgehead atoms. The Balaban J connectivity index is 1.83. The average Bonchev–Trinajstić information content (AvgIpc) is 2.94. The van der Waals surface area contributed by atoms with Crippen molar-refractivity contribution >= 4 is 17.6 Å². The smallest absolute Gasteiger partial charge is 0.193 e. The van der Waals surface area contributed by atoms with E-state index in [1.807, 2.05) is 20.0 Å². The largest absolute Gasteiger partial charge is 0.352 e. The summed E-state index contributed by atoms with van der Waals surface area (Å²) < 4.78 is 1.71. The maximum absolute atomic E-state index is 5.97. The third-order valence-corrected chi connectivity index (χ3v) is 3.77. The number of aryl methyl sites for hydroxylation is 1. The third kappa shape index (κ3) is 3.22. The number of guanidine groups is 1. The van der Waals surface area contributed by atoms with Crippen LogP contribution in [0.3, 0.4) is 0 Å². The van der Waals surface area contributed by atoms with Gasteiger partial charge in [-0.2, -0.15) is 5.10 Å². The van der Waals surface area contributed by atoms with Gasteiger partial charge >= 0.3 is 0 Å². The van der Waals surface area contributed by atoms with E-state index in [0.29, 0.717) is 11.6 Å². The Morgan fingerprint density at radius 1 is 1.36 bits per heavy atom. The molecule has 0 saturated carbocycles. The van der Waals surface area contributed by atoms with E-state index in [2.05, 4.69) is 31.4 Å². The first-order valence-corrected chi connectivity index (χ1v) is 7.68. The number of aromatic nitrogens is 3. The lowest BCUT2D eigenvalue weighted by Gasteiger charge is -2.25. The monoisotopic (exact) mass is 318 g/mol. The molecule has 0 radical (unpaired) electrons. The Bertz CT molecular complexity index is 693. The van der Waals surface area contributed by atoms with Gasteiger partial charge < -0.3 is 10.2 Å². The van der Waals surface area contributed by atoms with Crippen molar-refractivity contribution in [3.8, 4) is 5.82 Å². The van der Waals surface area contributed by atoms with Crippen molar-refractivity contribution in [2.75, 3.05) is 20.1 Å². The number of hydrogen-bond donors (Lipinski definition) is 1. The van der Waals surface area contributed by atoms with Gasteiger partial charge in [0.05, 0.1) is 17.4 Å². The van der Waals surface area contributed by atoms with Crippen LogP contribution in [-0.2, 0) is 6.54 Å². The molecule has 0 aromatic carbocycles. The molecule has 0 spiro atoms. The zero-order valence-electron chi connectivity index (χ0n) is 12.8. The molecule has 1 N–H and O–H groups in total. The lowest BCUT2D eigenvalue weighted by atomic mass is 10.2. The average molecular weight is 319 g/mol. The fourth-order valence-corrected chi connectivity index (χ4v) is 2.55. The Labute approximate surface area is 134 Å². The normalized spacial score (nSPS) is 14.9. The molecular weight excluding hydrogens is 300 g/mol. The molecule has 0 aliphatic carbocycles. The van der Waals surface area contributed by atoms with Crippen molar-refractivity contribution in [2.45, 2.75) is 19.9 Å². The van der Waals surface area contributed by atoms with Crippen LogP contribution in [0.25, 0.3) is 5.82 Å². The zero-order valence-corrected chi connectivity index (χ0v) is 13.5. The van der Waals surface area contributed by atoms with Crippen LogP contribution in [0, 0.1) is 6.92 Å². The Morgan fingerprint density at radius 3 is 2.95 bits per heavy atom. The summed E-state index contributed by atoms with van der Waals surface area (Å²) in [6.07, 6.45) is 4.48. The molecule has 1 aliphatic heterocycles. The minimum absolute atomic E-state index is 0.596. The van der Waals surface area contributed by atoms with Crippen molar-refractivity contribution in [1.29, 1.82) is 0 Å². The number of hydrogen-bond acceptors (Lipinski definition) is 5. The first-order chi connectivity index (χ1) is 10.6. The molecule has 6 nitrogen and oxygen atoms in total. The molecule has 0 unspecified atom stereocenters. The number of halogens is 1. The number of pyridine rings is 1. The molecule has 7 heteroatoms.